The van der Waals surface area contributed by atoms with E-state index in [-0.39, 0.29) is 0 Å². The zero-order valence-corrected chi connectivity index (χ0v) is 8.02. The number of anilines is 1. The van der Waals surface area contributed by atoms with Gasteiger partial charge in [0.15, 0.2) is 0 Å². The van der Waals surface area contributed by atoms with Gasteiger partial charge < -0.3 is 5.73 Å². The van der Waals surface area contributed by atoms with Crippen molar-refractivity contribution in [3.8, 4) is 0 Å². The minimum absolute atomic E-state index is 0.846. The summed E-state index contributed by atoms with van der Waals surface area (Å²) >= 11 is 0. The van der Waals surface area contributed by atoms with Crippen LogP contribution in [0, 0.1) is 0 Å². The summed E-state index contributed by atoms with van der Waals surface area (Å²) in [7, 11) is 0.846. The van der Waals surface area contributed by atoms with Gasteiger partial charge in [-0.05, 0) is 36.1 Å². The largest absolute Gasteiger partial charge is 0.399 e. The lowest BCUT2D eigenvalue weighted by atomic mass is 10.1. The van der Waals surface area contributed by atoms with Gasteiger partial charge in [0.25, 0.3) is 0 Å². The van der Waals surface area contributed by atoms with Crippen molar-refractivity contribution in [2.24, 2.45) is 0 Å². The fourth-order valence-corrected chi connectivity index (χ4v) is 1.71. The van der Waals surface area contributed by atoms with Crippen LogP contribution in [0.4, 0.5) is 5.69 Å². The average Bonchev–Trinajstić information content (AvgIpc) is 2.03. The average molecular weight is 167 g/mol. The van der Waals surface area contributed by atoms with E-state index in [2.05, 4.69) is 25.7 Å². The van der Waals surface area contributed by atoms with E-state index in [1.54, 1.807) is 0 Å². The smallest absolute Gasteiger partial charge is 0.0323 e. The SMILES string of the molecule is CCc1cc(N)cc(PC)c1. The van der Waals surface area contributed by atoms with Gasteiger partial charge in [-0.15, -0.1) is 0 Å². The quantitative estimate of drug-likeness (QED) is 0.527. The molecular formula is C9H14NP. The molecule has 60 valence electrons. The fraction of sp³-hybridized carbons (Fsp3) is 0.333. The lowest BCUT2D eigenvalue weighted by molar-refractivity contribution is 1.14. The van der Waals surface area contributed by atoms with Gasteiger partial charge in [-0.2, -0.15) is 0 Å². The first-order valence-electron chi connectivity index (χ1n) is 3.83. The Morgan fingerprint density at radius 1 is 1.36 bits per heavy atom. The van der Waals surface area contributed by atoms with E-state index in [1.807, 2.05) is 6.07 Å². The second kappa shape index (κ2) is 3.73. The van der Waals surface area contributed by atoms with E-state index < -0.39 is 0 Å². The molecule has 0 radical (unpaired) electrons. The Hall–Kier alpha value is -0.550. The van der Waals surface area contributed by atoms with Crippen LogP contribution in [-0.2, 0) is 6.42 Å². The van der Waals surface area contributed by atoms with E-state index in [1.165, 1.54) is 10.9 Å². The molecule has 0 heterocycles. The van der Waals surface area contributed by atoms with Gasteiger partial charge in [0.2, 0.25) is 0 Å². The van der Waals surface area contributed by atoms with Gasteiger partial charge >= 0.3 is 0 Å². The molecule has 0 saturated heterocycles. The maximum absolute atomic E-state index is 5.72. The first-order valence-corrected chi connectivity index (χ1v) is 5.33. The molecule has 0 aliphatic heterocycles. The van der Waals surface area contributed by atoms with Crippen molar-refractivity contribution in [3.05, 3.63) is 23.8 Å². The van der Waals surface area contributed by atoms with Gasteiger partial charge in [-0.25, -0.2) is 0 Å². The van der Waals surface area contributed by atoms with Crippen LogP contribution in [0.5, 0.6) is 0 Å². The van der Waals surface area contributed by atoms with Crippen LogP contribution >= 0.6 is 8.58 Å². The lowest BCUT2D eigenvalue weighted by Gasteiger charge is -2.02. The van der Waals surface area contributed by atoms with Crippen LogP contribution in [0.2, 0.25) is 0 Å². The van der Waals surface area contributed by atoms with Crippen LogP contribution in [-0.4, -0.2) is 6.66 Å². The molecule has 1 aromatic carbocycles. The Labute approximate surface area is 69.8 Å². The molecule has 1 aromatic rings. The summed E-state index contributed by atoms with van der Waals surface area (Å²) in [6, 6.07) is 6.33. The van der Waals surface area contributed by atoms with Crippen molar-refractivity contribution in [3.63, 3.8) is 0 Å². The highest BCUT2D eigenvalue weighted by Gasteiger charge is 1.94. The second-order valence-corrected chi connectivity index (χ2v) is 3.64. The first kappa shape index (κ1) is 8.55. The third-order valence-corrected chi connectivity index (χ3v) is 2.58. The Morgan fingerprint density at radius 3 is 2.64 bits per heavy atom. The molecule has 0 amide bonds. The molecule has 1 nitrogen and oxygen atoms in total. The summed E-state index contributed by atoms with van der Waals surface area (Å²) in [4.78, 5) is 0. The molecule has 0 spiro atoms. The van der Waals surface area contributed by atoms with Crippen LogP contribution in [0.3, 0.4) is 0 Å². The summed E-state index contributed by atoms with van der Waals surface area (Å²) in [5.41, 5.74) is 7.95. The summed E-state index contributed by atoms with van der Waals surface area (Å²) < 4.78 is 0. The van der Waals surface area contributed by atoms with Crippen molar-refractivity contribution in [1.82, 2.24) is 0 Å². The maximum Gasteiger partial charge on any atom is 0.0323 e. The second-order valence-electron chi connectivity index (χ2n) is 2.57. The van der Waals surface area contributed by atoms with Crippen LogP contribution < -0.4 is 11.0 Å². The number of benzene rings is 1. The predicted octanol–water partition coefficient (Wildman–Crippen LogP) is 1.76. The summed E-state index contributed by atoms with van der Waals surface area (Å²) in [6.07, 6.45) is 1.07. The Balaban J connectivity index is 3.02. The minimum Gasteiger partial charge on any atom is -0.399 e. The van der Waals surface area contributed by atoms with Gasteiger partial charge in [-0.1, -0.05) is 21.6 Å². The molecule has 1 atom stereocenters. The van der Waals surface area contributed by atoms with Crippen LogP contribution in [0.1, 0.15) is 12.5 Å². The summed E-state index contributed by atoms with van der Waals surface area (Å²) in [5, 5.41) is 1.36. The molecular weight excluding hydrogens is 153 g/mol. The monoisotopic (exact) mass is 167 g/mol. The Morgan fingerprint density at radius 2 is 2.09 bits per heavy atom. The third-order valence-electron chi connectivity index (χ3n) is 1.71. The molecule has 2 heteroatoms. The molecule has 1 unspecified atom stereocenters. The van der Waals surface area contributed by atoms with Crippen molar-refractivity contribution < 1.29 is 0 Å². The van der Waals surface area contributed by atoms with Crippen molar-refractivity contribution in [2.75, 3.05) is 12.4 Å². The number of nitrogen functional groups attached to an aromatic ring is 1. The van der Waals surface area contributed by atoms with Crippen LogP contribution in [0.15, 0.2) is 18.2 Å². The zero-order chi connectivity index (χ0) is 8.27. The van der Waals surface area contributed by atoms with Crippen molar-refractivity contribution in [1.29, 1.82) is 0 Å². The first-order chi connectivity index (χ1) is 5.26. The van der Waals surface area contributed by atoms with E-state index in [4.69, 9.17) is 5.73 Å². The number of hydrogen-bond acceptors (Lipinski definition) is 1. The fourth-order valence-electron chi connectivity index (χ4n) is 1.07. The lowest BCUT2D eigenvalue weighted by Crippen LogP contribution is -1.99. The number of hydrogen-bond donors (Lipinski definition) is 1. The van der Waals surface area contributed by atoms with Crippen molar-refractivity contribution in [2.45, 2.75) is 13.3 Å². The highest BCUT2D eigenvalue weighted by molar-refractivity contribution is 7.46. The molecule has 11 heavy (non-hydrogen) atoms. The standard InChI is InChI=1S/C9H14NP/c1-3-7-4-8(10)6-9(5-7)11-2/h4-6,11H,3,10H2,1-2H3. The molecule has 0 aliphatic rings. The molecule has 1 rings (SSSR count). The zero-order valence-electron chi connectivity index (χ0n) is 7.02. The topological polar surface area (TPSA) is 26.0 Å². The normalized spacial score (nSPS) is 11.1. The van der Waals surface area contributed by atoms with E-state index >= 15 is 0 Å². The van der Waals surface area contributed by atoms with Gasteiger partial charge in [0.05, 0.1) is 0 Å². The summed E-state index contributed by atoms with van der Waals surface area (Å²) in [5.74, 6) is 0. The van der Waals surface area contributed by atoms with E-state index in [0.717, 1.165) is 20.7 Å². The predicted molar refractivity (Wildman–Crippen MR) is 54.1 cm³/mol. The number of rotatable bonds is 2. The van der Waals surface area contributed by atoms with Gasteiger partial charge in [-0.3, -0.25) is 0 Å². The third kappa shape index (κ3) is 2.20. The van der Waals surface area contributed by atoms with Crippen LogP contribution in [0.25, 0.3) is 0 Å². The van der Waals surface area contributed by atoms with Gasteiger partial charge in [0.1, 0.15) is 0 Å². The van der Waals surface area contributed by atoms with Gasteiger partial charge in [0, 0.05) is 5.69 Å². The number of nitrogens with two attached hydrogens (primary N) is 1. The highest BCUT2D eigenvalue weighted by atomic mass is 31.1. The molecule has 0 saturated carbocycles. The van der Waals surface area contributed by atoms with Crippen molar-refractivity contribution >= 4 is 19.6 Å². The molecule has 2 N–H and O–H groups in total. The highest BCUT2D eigenvalue weighted by Crippen LogP contribution is 2.11. The maximum atomic E-state index is 5.72. The number of aryl methyl sites for hydroxylation is 1. The minimum atomic E-state index is 0.846. The Kier molecular flexibility index (Phi) is 2.90. The molecule has 0 bridgehead atoms. The molecule has 0 aliphatic carbocycles. The summed E-state index contributed by atoms with van der Waals surface area (Å²) in [6.45, 7) is 4.32. The molecule has 0 aromatic heterocycles. The van der Waals surface area contributed by atoms with E-state index in [0.29, 0.717) is 0 Å². The Bertz CT molecular complexity index is 223. The van der Waals surface area contributed by atoms with E-state index in [9.17, 15) is 0 Å². The molecule has 0 fully saturated rings.